The molecule has 10 nitrogen and oxygen atoms in total. The van der Waals surface area contributed by atoms with Gasteiger partial charge in [-0.1, -0.05) is 37.5 Å². The minimum absolute atomic E-state index is 0.131. The molecule has 1 aliphatic rings. The zero-order valence-electron chi connectivity index (χ0n) is 24.0. The summed E-state index contributed by atoms with van der Waals surface area (Å²) in [7, 11) is 1.95. The van der Waals surface area contributed by atoms with Crippen LogP contribution in [0.25, 0.3) is 0 Å². The summed E-state index contributed by atoms with van der Waals surface area (Å²) in [4.78, 5) is 14.4. The molecule has 216 valence electrons. The van der Waals surface area contributed by atoms with Crippen molar-refractivity contribution in [3.05, 3.63) is 54.6 Å². The summed E-state index contributed by atoms with van der Waals surface area (Å²) in [5.41, 5.74) is 2.31. The summed E-state index contributed by atoms with van der Waals surface area (Å²) < 4.78 is 31.6. The topological polar surface area (TPSA) is 124 Å². The fourth-order valence-electron chi connectivity index (χ4n) is 4.06. The quantitative estimate of drug-likeness (QED) is 0.217. The van der Waals surface area contributed by atoms with E-state index in [1.165, 1.54) is 6.08 Å². The summed E-state index contributed by atoms with van der Waals surface area (Å²) >= 11 is 0. The number of sulfone groups is 1. The van der Waals surface area contributed by atoms with Crippen LogP contribution in [0.3, 0.4) is 0 Å². The molecule has 3 rings (SSSR count). The Morgan fingerprint density at radius 2 is 1.93 bits per heavy atom. The number of hydrogen-bond acceptors (Lipinski definition) is 9. The van der Waals surface area contributed by atoms with Crippen LogP contribution in [0.1, 0.15) is 26.3 Å². The van der Waals surface area contributed by atoms with E-state index >= 15 is 0 Å². The number of para-hydroxylation sites is 1. The second kappa shape index (κ2) is 13.7. The summed E-state index contributed by atoms with van der Waals surface area (Å²) in [5.74, 6) is 6.52. The number of rotatable bonds is 10. The second-order valence-corrected chi connectivity index (χ2v) is 12.6. The molecular weight excluding hydrogens is 528 g/mol. The van der Waals surface area contributed by atoms with Crippen LogP contribution in [0.4, 0.5) is 17.1 Å². The molecule has 1 amide bonds. The molecule has 2 aromatic rings. The molecule has 0 bridgehead atoms. The highest BCUT2D eigenvalue weighted by Crippen LogP contribution is 2.32. The van der Waals surface area contributed by atoms with Gasteiger partial charge in [-0.25, -0.2) is 8.42 Å². The Hall–Kier alpha value is -3.56. The van der Waals surface area contributed by atoms with Gasteiger partial charge >= 0.3 is 0 Å². The molecule has 2 aromatic carbocycles. The Morgan fingerprint density at radius 3 is 2.58 bits per heavy atom. The fraction of sp³-hybridized carbons (Fsp3) is 0.414. The first-order valence-electron chi connectivity index (χ1n) is 13.1. The molecule has 1 aliphatic heterocycles. The highest BCUT2D eigenvalue weighted by atomic mass is 32.2. The van der Waals surface area contributed by atoms with Crippen molar-refractivity contribution in [3.8, 4) is 17.6 Å². The average Bonchev–Trinajstić information content (AvgIpc) is 2.91. The summed E-state index contributed by atoms with van der Waals surface area (Å²) in [5, 5.41) is 16.0. The van der Waals surface area contributed by atoms with Crippen LogP contribution in [0.15, 0.2) is 53.9 Å². The van der Waals surface area contributed by atoms with Gasteiger partial charge in [-0.05, 0) is 52.2 Å². The lowest BCUT2D eigenvalue weighted by Gasteiger charge is -2.38. The van der Waals surface area contributed by atoms with Gasteiger partial charge in [-0.2, -0.15) is 0 Å². The van der Waals surface area contributed by atoms with Crippen molar-refractivity contribution in [1.29, 1.82) is 0 Å². The normalized spacial score (nSPS) is 18.9. The molecule has 0 aliphatic carbocycles. The lowest BCUT2D eigenvalue weighted by atomic mass is 10.1. The van der Waals surface area contributed by atoms with Gasteiger partial charge in [0.2, 0.25) is 5.91 Å². The molecule has 1 fully saturated rings. The van der Waals surface area contributed by atoms with Crippen molar-refractivity contribution in [1.82, 2.24) is 15.5 Å². The Labute approximate surface area is 237 Å². The number of nitrogens with one attached hydrogen (secondary N) is 5. The Bertz CT molecular complexity index is 1380. The maximum atomic E-state index is 13.0. The van der Waals surface area contributed by atoms with Gasteiger partial charge in [-0.3, -0.25) is 20.3 Å². The maximum Gasteiger partial charge on any atom is 0.247 e. The molecule has 40 heavy (non-hydrogen) atoms. The van der Waals surface area contributed by atoms with Gasteiger partial charge < -0.3 is 20.7 Å². The Kier molecular flexibility index (Phi) is 10.6. The van der Waals surface area contributed by atoms with Gasteiger partial charge in [0.25, 0.3) is 0 Å². The minimum atomic E-state index is -3.47. The smallest absolute Gasteiger partial charge is 0.247 e. The number of hydrogen-bond donors (Lipinski definition) is 5. The van der Waals surface area contributed by atoms with Crippen LogP contribution in [-0.2, 0) is 14.6 Å². The first kappa shape index (κ1) is 31.0. The molecule has 0 spiro atoms. The first-order valence-corrected chi connectivity index (χ1v) is 14.6. The third kappa shape index (κ3) is 7.76. The summed E-state index contributed by atoms with van der Waals surface area (Å²) in [6.45, 7) is 10.2. The van der Waals surface area contributed by atoms with Crippen molar-refractivity contribution >= 4 is 32.8 Å². The Balaban J connectivity index is 1.87. The highest BCUT2D eigenvalue weighted by molar-refractivity contribution is 7.92. The average molecular weight is 569 g/mol. The molecule has 11 heteroatoms. The minimum Gasteiger partial charge on any atom is -0.495 e. The lowest BCUT2D eigenvalue weighted by molar-refractivity contribution is -0.111. The summed E-state index contributed by atoms with van der Waals surface area (Å²) in [6.07, 6.45) is 0.558. The third-order valence-corrected chi connectivity index (χ3v) is 8.60. The van der Waals surface area contributed by atoms with Crippen LogP contribution in [0.5, 0.6) is 5.75 Å². The van der Waals surface area contributed by atoms with Gasteiger partial charge in [0.15, 0.2) is 9.84 Å². The second-order valence-electron chi connectivity index (χ2n) is 10.2. The van der Waals surface area contributed by atoms with Crippen LogP contribution < -0.4 is 31.3 Å². The van der Waals surface area contributed by atoms with Crippen molar-refractivity contribution < 1.29 is 17.9 Å². The predicted molar refractivity (Wildman–Crippen MR) is 161 cm³/mol. The number of anilines is 3. The molecule has 0 saturated carbocycles. The number of ether oxygens (including phenoxy) is 1. The summed E-state index contributed by atoms with van der Waals surface area (Å²) in [6, 6.07) is 10.5. The van der Waals surface area contributed by atoms with Crippen molar-refractivity contribution in [2.45, 2.75) is 43.4 Å². The largest absolute Gasteiger partial charge is 0.495 e. The van der Waals surface area contributed by atoms with E-state index in [-0.39, 0.29) is 22.9 Å². The van der Waals surface area contributed by atoms with E-state index in [0.29, 0.717) is 41.5 Å². The number of methoxy groups -OCH3 is 1. The van der Waals surface area contributed by atoms with E-state index < -0.39 is 21.4 Å². The molecule has 3 unspecified atom stereocenters. The standard InChI is InChI=1S/C29H40N6O4S/c1-8-27(36)31-23-17-24(25(39-7)16-21(23)12-11-15-35(5)6)33-29-30-18-20(4)28(34-29)32-22-13-9-10-14-26(22)40(37,38)19(2)3/h8-10,13-14,16-17,19-20,28-30,32-34H,1,15,18H2,2-7H3,(H,31,36). The highest BCUT2D eigenvalue weighted by Gasteiger charge is 2.29. The molecule has 0 radical (unpaired) electrons. The van der Waals surface area contributed by atoms with Crippen LogP contribution in [0.2, 0.25) is 0 Å². The molecule has 3 atom stereocenters. The number of carbonyl (C=O) groups is 1. The molecule has 5 N–H and O–H groups in total. The van der Waals surface area contributed by atoms with E-state index in [1.54, 1.807) is 51.3 Å². The zero-order valence-corrected chi connectivity index (χ0v) is 24.8. The van der Waals surface area contributed by atoms with E-state index in [2.05, 4.69) is 51.9 Å². The van der Waals surface area contributed by atoms with E-state index in [4.69, 9.17) is 4.74 Å². The van der Waals surface area contributed by atoms with Gasteiger partial charge in [0.05, 0.1) is 52.6 Å². The molecular formula is C29H40N6O4S. The van der Waals surface area contributed by atoms with Gasteiger partial charge in [-0.15, -0.1) is 0 Å². The molecule has 1 saturated heterocycles. The van der Waals surface area contributed by atoms with E-state index in [9.17, 15) is 13.2 Å². The first-order chi connectivity index (χ1) is 19.0. The zero-order chi connectivity index (χ0) is 29.4. The number of benzene rings is 2. The monoisotopic (exact) mass is 568 g/mol. The van der Waals surface area contributed by atoms with Gasteiger partial charge in [0, 0.05) is 18.5 Å². The fourth-order valence-corrected chi connectivity index (χ4v) is 5.27. The van der Waals surface area contributed by atoms with Crippen LogP contribution >= 0.6 is 0 Å². The molecule has 1 heterocycles. The van der Waals surface area contributed by atoms with Crippen molar-refractivity contribution in [2.24, 2.45) is 5.92 Å². The SMILES string of the molecule is C=CC(=O)Nc1cc(NC2NCC(C)C(Nc3ccccc3S(=O)(=O)C(C)C)N2)c(OC)cc1C#CCN(C)C. The molecule has 0 aromatic heterocycles. The number of nitrogens with zero attached hydrogens (tertiary/aromatic N) is 1. The lowest BCUT2D eigenvalue weighted by Crippen LogP contribution is -2.63. The third-order valence-electron chi connectivity index (χ3n) is 6.39. The van der Waals surface area contributed by atoms with Gasteiger partial charge in [0.1, 0.15) is 12.0 Å². The maximum absolute atomic E-state index is 13.0. The Morgan fingerprint density at radius 1 is 1.20 bits per heavy atom. The van der Waals surface area contributed by atoms with Crippen LogP contribution in [-0.4, -0.2) is 71.2 Å². The van der Waals surface area contributed by atoms with Crippen molar-refractivity contribution in [2.75, 3.05) is 50.2 Å². The van der Waals surface area contributed by atoms with E-state index in [0.717, 1.165) is 0 Å². The predicted octanol–water partition coefficient (Wildman–Crippen LogP) is 2.88. The number of carbonyl (C=O) groups excluding carboxylic acids is 1. The number of amides is 1. The van der Waals surface area contributed by atoms with E-state index in [1.807, 2.05) is 25.1 Å². The van der Waals surface area contributed by atoms with Crippen molar-refractivity contribution in [3.63, 3.8) is 0 Å². The van der Waals surface area contributed by atoms with Crippen LogP contribution in [0, 0.1) is 17.8 Å².